The normalized spacial score (nSPS) is 22.1. The van der Waals surface area contributed by atoms with E-state index in [2.05, 4.69) is 15.3 Å². The maximum atomic E-state index is 4.27. The van der Waals surface area contributed by atoms with Crippen molar-refractivity contribution in [1.29, 1.82) is 0 Å². The lowest BCUT2D eigenvalue weighted by atomic mass is 10.4. The van der Waals surface area contributed by atoms with Crippen molar-refractivity contribution in [3.8, 4) is 0 Å². The number of rotatable bonds is 2. The maximum absolute atomic E-state index is 4.27. The molecule has 0 aliphatic carbocycles. The molecule has 1 aliphatic heterocycles. The minimum atomic E-state index is 0.655. The standard InChI is InChI=1S/C9H13N3S/c1-7-4-11-9(12-5-7)13-8-2-3-10-6-8/h4-5,8,10H,2-3,6H2,1H3. The van der Waals surface area contributed by atoms with Gasteiger partial charge in [0.15, 0.2) is 5.16 Å². The quantitative estimate of drug-likeness (QED) is 0.720. The highest BCUT2D eigenvalue weighted by atomic mass is 32.2. The second kappa shape index (κ2) is 4.07. The van der Waals surface area contributed by atoms with Gasteiger partial charge in [0.2, 0.25) is 0 Å². The van der Waals surface area contributed by atoms with E-state index in [1.54, 1.807) is 11.8 Å². The number of hydrogen-bond donors (Lipinski definition) is 1. The summed E-state index contributed by atoms with van der Waals surface area (Å²) in [5.74, 6) is 0. The van der Waals surface area contributed by atoms with Crippen LogP contribution in [-0.4, -0.2) is 28.3 Å². The van der Waals surface area contributed by atoms with Gasteiger partial charge in [-0.3, -0.25) is 0 Å². The Balaban J connectivity index is 1.97. The van der Waals surface area contributed by atoms with Crippen LogP contribution in [0.4, 0.5) is 0 Å². The number of aryl methyl sites for hydroxylation is 1. The SMILES string of the molecule is Cc1cnc(SC2CCNC2)nc1. The Hall–Kier alpha value is -0.610. The Morgan fingerprint density at radius 1 is 1.46 bits per heavy atom. The van der Waals surface area contributed by atoms with Gasteiger partial charge in [0.25, 0.3) is 0 Å². The van der Waals surface area contributed by atoms with Crippen molar-refractivity contribution >= 4 is 11.8 Å². The molecule has 13 heavy (non-hydrogen) atoms. The highest BCUT2D eigenvalue weighted by Crippen LogP contribution is 2.23. The van der Waals surface area contributed by atoms with E-state index in [9.17, 15) is 0 Å². The minimum absolute atomic E-state index is 0.655. The van der Waals surface area contributed by atoms with Crippen LogP contribution in [0.25, 0.3) is 0 Å². The smallest absolute Gasteiger partial charge is 0.187 e. The summed E-state index contributed by atoms with van der Waals surface area (Å²) in [6.07, 6.45) is 4.97. The van der Waals surface area contributed by atoms with Gasteiger partial charge in [-0.15, -0.1) is 0 Å². The molecule has 0 radical (unpaired) electrons. The van der Waals surface area contributed by atoms with Gasteiger partial charge >= 0.3 is 0 Å². The second-order valence-electron chi connectivity index (χ2n) is 3.28. The Kier molecular flexibility index (Phi) is 2.80. The van der Waals surface area contributed by atoms with Gasteiger partial charge in [-0.2, -0.15) is 0 Å². The Morgan fingerprint density at radius 3 is 2.85 bits per heavy atom. The highest BCUT2D eigenvalue weighted by molar-refractivity contribution is 7.99. The first-order chi connectivity index (χ1) is 6.34. The lowest BCUT2D eigenvalue weighted by Crippen LogP contribution is -2.10. The Morgan fingerprint density at radius 2 is 2.23 bits per heavy atom. The molecule has 2 rings (SSSR count). The monoisotopic (exact) mass is 195 g/mol. The maximum Gasteiger partial charge on any atom is 0.187 e. The third-order valence-electron chi connectivity index (χ3n) is 2.04. The van der Waals surface area contributed by atoms with Crippen LogP contribution in [0, 0.1) is 6.92 Å². The summed E-state index contributed by atoms with van der Waals surface area (Å²) in [7, 11) is 0. The average Bonchev–Trinajstić information content (AvgIpc) is 2.62. The van der Waals surface area contributed by atoms with Crippen LogP contribution < -0.4 is 5.32 Å². The van der Waals surface area contributed by atoms with E-state index in [1.807, 2.05) is 19.3 Å². The fourth-order valence-corrected chi connectivity index (χ4v) is 2.28. The van der Waals surface area contributed by atoms with Crippen molar-refractivity contribution in [2.45, 2.75) is 23.8 Å². The Labute approximate surface area is 82.4 Å². The largest absolute Gasteiger partial charge is 0.316 e. The van der Waals surface area contributed by atoms with Crippen LogP contribution in [0.15, 0.2) is 17.6 Å². The van der Waals surface area contributed by atoms with E-state index in [0.29, 0.717) is 5.25 Å². The lowest BCUT2D eigenvalue weighted by molar-refractivity contribution is 0.857. The van der Waals surface area contributed by atoms with E-state index in [-0.39, 0.29) is 0 Å². The van der Waals surface area contributed by atoms with E-state index in [4.69, 9.17) is 0 Å². The molecule has 1 unspecified atom stereocenters. The summed E-state index contributed by atoms with van der Waals surface area (Å²) in [6.45, 7) is 4.22. The van der Waals surface area contributed by atoms with Crippen LogP contribution in [0.2, 0.25) is 0 Å². The van der Waals surface area contributed by atoms with Gasteiger partial charge in [-0.1, -0.05) is 11.8 Å². The molecule has 3 nitrogen and oxygen atoms in total. The first-order valence-corrected chi connectivity index (χ1v) is 5.38. The summed E-state index contributed by atoms with van der Waals surface area (Å²) >= 11 is 1.78. The topological polar surface area (TPSA) is 37.8 Å². The van der Waals surface area contributed by atoms with Crippen LogP contribution in [-0.2, 0) is 0 Å². The van der Waals surface area contributed by atoms with Gasteiger partial charge in [0, 0.05) is 24.2 Å². The summed E-state index contributed by atoms with van der Waals surface area (Å²) in [5, 5.41) is 4.88. The number of thioether (sulfide) groups is 1. The van der Waals surface area contributed by atoms with E-state index < -0.39 is 0 Å². The fourth-order valence-electron chi connectivity index (χ4n) is 1.32. The molecule has 0 amide bonds. The summed E-state index contributed by atoms with van der Waals surface area (Å²) in [4.78, 5) is 8.53. The van der Waals surface area contributed by atoms with Crippen molar-refractivity contribution in [3.05, 3.63) is 18.0 Å². The molecule has 70 valence electrons. The van der Waals surface area contributed by atoms with Gasteiger partial charge in [0.1, 0.15) is 0 Å². The number of nitrogens with zero attached hydrogens (tertiary/aromatic N) is 2. The van der Waals surface area contributed by atoms with E-state index in [1.165, 1.54) is 6.42 Å². The second-order valence-corrected chi connectivity index (χ2v) is 4.54. The molecule has 1 aromatic rings. The molecule has 0 bridgehead atoms. The van der Waals surface area contributed by atoms with Crippen LogP contribution in [0.1, 0.15) is 12.0 Å². The third-order valence-corrected chi connectivity index (χ3v) is 3.20. The minimum Gasteiger partial charge on any atom is -0.316 e. The molecule has 1 saturated heterocycles. The molecule has 0 spiro atoms. The van der Waals surface area contributed by atoms with E-state index in [0.717, 1.165) is 23.8 Å². The van der Waals surface area contributed by atoms with Crippen molar-refractivity contribution in [2.24, 2.45) is 0 Å². The Bertz CT molecular complexity index is 267. The molecule has 0 aromatic carbocycles. The molecule has 1 aliphatic rings. The molecular formula is C9H13N3S. The number of nitrogens with one attached hydrogen (secondary N) is 1. The fraction of sp³-hybridized carbons (Fsp3) is 0.556. The summed E-state index contributed by atoms with van der Waals surface area (Å²) in [6, 6.07) is 0. The van der Waals surface area contributed by atoms with Crippen LogP contribution >= 0.6 is 11.8 Å². The van der Waals surface area contributed by atoms with Gasteiger partial charge in [0.05, 0.1) is 0 Å². The number of hydrogen-bond acceptors (Lipinski definition) is 4. The highest BCUT2D eigenvalue weighted by Gasteiger charge is 2.16. The lowest BCUT2D eigenvalue weighted by Gasteiger charge is -2.05. The summed E-state index contributed by atoms with van der Waals surface area (Å²) in [5.41, 5.74) is 1.12. The average molecular weight is 195 g/mol. The molecule has 4 heteroatoms. The first kappa shape index (κ1) is 8.97. The molecular weight excluding hydrogens is 182 g/mol. The molecule has 1 fully saturated rings. The zero-order chi connectivity index (χ0) is 9.10. The van der Waals surface area contributed by atoms with Gasteiger partial charge in [-0.05, 0) is 25.5 Å². The van der Waals surface area contributed by atoms with Crippen molar-refractivity contribution in [2.75, 3.05) is 13.1 Å². The molecule has 1 N–H and O–H groups in total. The van der Waals surface area contributed by atoms with Gasteiger partial charge < -0.3 is 5.32 Å². The van der Waals surface area contributed by atoms with Crippen LogP contribution in [0.3, 0.4) is 0 Å². The third kappa shape index (κ3) is 2.42. The zero-order valence-electron chi connectivity index (χ0n) is 7.66. The molecule has 0 saturated carbocycles. The van der Waals surface area contributed by atoms with E-state index >= 15 is 0 Å². The van der Waals surface area contributed by atoms with Crippen molar-refractivity contribution in [1.82, 2.24) is 15.3 Å². The first-order valence-electron chi connectivity index (χ1n) is 4.50. The predicted octanol–water partition coefficient (Wildman–Crippen LogP) is 1.24. The predicted molar refractivity (Wildman–Crippen MR) is 53.9 cm³/mol. The van der Waals surface area contributed by atoms with Gasteiger partial charge in [-0.25, -0.2) is 9.97 Å². The number of aromatic nitrogens is 2. The van der Waals surface area contributed by atoms with Crippen LogP contribution in [0.5, 0.6) is 0 Å². The van der Waals surface area contributed by atoms with Crippen molar-refractivity contribution < 1.29 is 0 Å². The molecule has 1 aromatic heterocycles. The molecule has 2 heterocycles. The molecule has 1 atom stereocenters. The van der Waals surface area contributed by atoms with Crippen molar-refractivity contribution in [3.63, 3.8) is 0 Å². The zero-order valence-corrected chi connectivity index (χ0v) is 8.47. The summed E-state index contributed by atoms with van der Waals surface area (Å²) < 4.78 is 0.